The first kappa shape index (κ1) is 16.9. The van der Waals surface area contributed by atoms with Crippen molar-refractivity contribution in [2.75, 3.05) is 18.2 Å². The molecule has 0 aliphatic rings. The molecule has 0 radical (unpaired) electrons. The lowest BCUT2D eigenvalue weighted by molar-refractivity contribution is -0.114. The number of amides is 1. The molecule has 2 aromatic heterocycles. The molecule has 2 heterocycles. The molecule has 0 saturated carbocycles. The van der Waals surface area contributed by atoms with E-state index >= 15 is 0 Å². The van der Waals surface area contributed by atoms with Gasteiger partial charge in [-0.1, -0.05) is 11.3 Å². The lowest BCUT2D eigenvalue weighted by Gasteiger charge is -2.10. The molecular weight excluding hydrogens is 347 g/mol. The number of nitrogens with two attached hydrogens (primary N) is 1. The molecule has 1 amide bonds. The number of nitrogen functional groups attached to an aromatic ring is 1. The maximum absolute atomic E-state index is 14.3. The van der Waals surface area contributed by atoms with Gasteiger partial charge in [-0.05, 0) is 12.1 Å². The van der Waals surface area contributed by atoms with Gasteiger partial charge in [0.15, 0.2) is 16.8 Å². The highest BCUT2D eigenvalue weighted by Gasteiger charge is 2.13. The van der Waals surface area contributed by atoms with Gasteiger partial charge in [0.1, 0.15) is 23.6 Å². The van der Waals surface area contributed by atoms with Gasteiger partial charge in [0, 0.05) is 24.8 Å². The first-order valence-electron chi connectivity index (χ1n) is 7.25. The Hall–Kier alpha value is -2.94. The van der Waals surface area contributed by atoms with E-state index in [2.05, 4.69) is 15.3 Å². The van der Waals surface area contributed by atoms with Crippen molar-refractivity contribution in [3.63, 3.8) is 0 Å². The van der Waals surface area contributed by atoms with E-state index in [0.717, 1.165) is 4.70 Å². The summed E-state index contributed by atoms with van der Waals surface area (Å²) < 4.78 is 26.1. The number of nitrogens with one attached hydrogen (secondary N) is 1. The summed E-state index contributed by atoms with van der Waals surface area (Å²) in [5.41, 5.74) is 6.64. The molecule has 25 heavy (non-hydrogen) atoms. The van der Waals surface area contributed by atoms with Crippen molar-refractivity contribution >= 4 is 38.4 Å². The molecule has 3 aromatic rings. The number of halogens is 1. The highest BCUT2D eigenvalue weighted by Crippen LogP contribution is 2.35. The standard InChI is InChI=1S/C16H15FN4O3S/c1-8(22)20-15-13(17)9(3-4-19-15)7-24-10-5-11(23-2)14-12(6-10)25-16(18)21-14/h3-6H,7H2,1-2H3,(H2,18,21)(H,19,20,22). The van der Waals surface area contributed by atoms with Gasteiger partial charge < -0.3 is 20.5 Å². The Morgan fingerprint density at radius 3 is 2.96 bits per heavy atom. The van der Waals surface area contributed by atoms with Crippen LogP contribution in [0.25, 0.3) is 10.2 Å². The van der Waals surface area contributed by atoms with Gasteiger partial charge in [0.2, 0.25) is 5.91 Å². The van der Waals surface area contributed by atoms with Gasteiger partial charge in [-0.3, -0.25) is 4.79 Å². The Morgan fingerprint density at radius 2 is 2.24 bits per heavy atom. The van der Waals surface area contributed by atoms with Crippen molar-refractivity contribution < 1.29 is 18.7 Å². The molecule has 130 valence electrons. The summed E-state index contributed by atoms with van der Waals surface area (Å²) in [6, 6.07) is 4.91. The Labute approximate surface area is 146 Å². The summed E-state index contributed by atoms with van der Waals surface area (Å²) in [4.78, 5) is 19.1. The van der Waals surface area contributed by atoms with Gasteiger partial charge in [-0.25, -0.2) is 14.4 Å². The van der Waals surface area contributed by atoms with Gasteiger partial charge in [0.05, 0.1) is 11.8 Å². The van der Waals surface area contributed by atoms with Crippen LogP contribution in [-0.4, -0.2) is 23.0 Å². The van der Waals surface area contributed by atoms with Crippen molar-refractivity contribution in [3.8, 4) is 11.5 Å². The number of fused-ring (bicyclic) bond motifs is 1. The van der Waals surface area contributed by atoms with Gasteiger partial charge in [0.25, 0.3) is 0 Å². The van der Waals surface area contributed by atoms with Crippen LogP contribution >= 0.6 is 11.3 Å². The molecule has 7 nitrogen and oxygen atoms in total. The van der Waals surface area contributed by atoms with E-state index in [0.29, 0.717) is 22.1 Å². The molecule has 0 fully saturated rings. The lowest BCUT2D eigenvalue weighted by atomic mass is 10.2. The minimum absolute atomic E-state index is 0.0378. The summed E-state index contributed by atoms with van der Waals surface area (Å²) >= 11 is 1.31. The molecule has 0 aliphatic heterocycles. The summed E-state index contributed by atoms with van der Waals surface area (Å²) in [5, 5.41) is 2.76. The number of thiazole rings is 1. The van der Waals surface area contributed by atoms with E-state index in [1.165, 1.54) is 37.6 Å². The lowest BCUT2D eigenvalue weighted by Crippen LogP contribution is -2.11. The number of pyridine rings is 1. The number of aromatic nitrogens is 2. The highest BCUT2D eigenvalue weighted by molar-refractivity contribution is 7.22. The van der Waals surface area contributed by atoms with Crippen LogP contribution in [0.4, 0.5) is 15.3 Å². The predicted molar refractivity (Wildman–Crippen MR) is 93.4 cm³/mol. The average molecular weight is 362 g/mol. The fourth-order valence-corrected chi connectivity index (χ4v) is 3.02. The number of anilines is 2. The zero-order chi connectivity index (χ0) is 18.0. The minimum atomic E-state index is -0.632. The number of hydrogen-bond donors (Lipinski definition) is 2. The fraction of sp³-hybridized carbons (Fsp3) is 0.188. The molecule has 0 aliphatic carbocycles. The first-order chi connectivity index (χ1) is 12.0. The second kappa shape index (κ2) is 6.89. The Morgan fingerprint density at radius 1 is 1.44 bits per heavy atom. The highest BCUT2D eigenvalue weighted by atomic mass is 32.1. The van der Waals surface area contributed by atoms with E-state index in [-0.39, 0.29) is 18.0 Å². The van der Waals surface area contributed by atoms with Crippen LogP contribution in [0, 0.1) is 5.82 Å². The smallest absolute Gasteiger partial charge is 0.222 e. The van der Waals surface area contributed by atoms with Crippen LogP contribution in [0.3, 0.4) is 0 Å². The molecular formula is C16H15FN4O3S. The molecule has 9 heteroatoms. The van der Waals surface area contributed by atoms with Crippen molar-refractivity contribution in [2.45, 2.75) is 13.5 Å². The summed E-state index contributed by atoms with van der Waals surface area (Å²) in [6.45, 7) is 1.25. The molecule has 0 spiro atoms. The number of ether oxygens (including phenoxy) is 2. The van der Waals surface area contributed by atoms with Crippen LogP contribution in [0.1, 0.15) is 12.5 Å². The summed E-state index contributed by atoms with van der Waals surface area (Å²) in [6.07, 6.45) is 1.40. The average Bonchev–Trinajstić information content (AvgIpc) is 2.94. The molecule has 0 saturated heterocycles. The zero-order valence-electron chi connectivity index (χ0n) is 13.5. The zero-order valence-corrected chi connectivity index (χ0v) is 14.3. The van der Waals surface area contributed by atoms with Crippen molar-refractivity contribution in [2.24, 2.45) is 0 Å². The molecule has 3 N–H and O–H groups in total. The van der Waals surface area contributed by atoms with E-state index in [9.17, 15) is 9.18 Å². The SMILES string of the molecule is COc1cc(OCc2ccnc(NC(C)=O)c2F)cc2sc(N)nc12. The van der Waals surface area contributed by atoms with E-state index in [1.54, 1.807) is 12.1 Å². The summed E-state index contributed by atoms with van der Waals surface area (Å²) in [5.74, 6) is -0.146. The second-order valence-corrected chi connectivity index (χ2v) is 6.19. The first-order valence-corrected chi connectivity index (χ1v) is 8.07. The molecule has 1 aromatic carbocycles. The number of rotatable bonds is 5. The number of methoxy groups -OCH3 is 1. The third kappa shape index (κ3) is 3.61. The number of nitrogens with zero attached hydrogens (tertiary/aromatic N) is 2. The van der Waals surface area contributed by atoms with Crippen LogP contribution in [0.15, 0.2) is 24.4 Å². The van der Waals surface area contributed by atoms with Crippen molar-refractivity contribution in [1.29, 1.82) is 0 Å². The van der Waals surface area contributed by atoms with Crippen LogP contribution in [-0.2, 0) is 11.4 Å². The maximum Gasteiger partial charge on any atom is 0.222 e. The Balaban J connectivity index is 1.84. The van der Waals surface area contributed by atoms with Crippen LogP contribution in [0.5, 0.6) is 11.5 Å². The molecule has 0 atom stereocenters. The third-order valence-corrected chi connectivity index (χ3v) is 4.16. The quantitative estimate of drug-likeness (QED) is 0.724. The van der Waals surface area contributed by atoms with E-state index in [4.69, 9.17) is 15.2 Å². The van der Waals surface area contributed by atoms with Gasteiger partial charge in [-0.2, -0.15) is 0 Å². The second-order valence-electron chi connectivity index (χ2n) is 5.13. The molecule has 0 bridgehead atoms. The number of carbonyl (C=O) groups is 1. The van der Waals surface area contributed by atoms with Crippen molar-refractivity contribution in [3.05, 3.63) is 35.8 Å². The number of benzene rings is 1. The minimum Gasteiger partial charge on any atom is -0.494 e. The molecule has 3 rings (SSSR count). The fourth-order valence-electron chi connectivity index (χ4n) is 2.24. The monoisotopic (exact) mass is 362 g/mol. The predicted octanol–water partition coefficient (Wildman–Crippen LogP) is 2.96. The summed E-state index contributed by atoms with van der Waals surface area (Å²) in [7, 11) is 1.52. The Bertz CT molecular complexity index is 945. The van der Waals surface area contributed by atoms with E-state index in [1.807, 2.05) is 0 Å². The van der Waals surface area contributed by atoms with Gasteiger partial charge in [-0.15, -0.1) is 0 Å². The van der Waals surface area contributed by atoms with Crippen LogP contribution in [0.2, 0.25) is 0 Å². The van der Waals surface area contributed by atoms with E-state index < -0.39 is 11.7 Å². The van der Waals surface area contributed by atoms with Gasteiger partial charge >= 0.3 is 0 Å². The maximum atomic E-state index is 14.3. The number of carbonyl (C=O) groups excluding carboxylic acids is 1. The largest absolute Gasteiger partial charge is 0.494 e. The number of hydrogen-bond acceptors (Lipinski definition) is 7. The van der Waals surface area contributed by atoms with Crippen LogP contribution < -0.4 is 20.5 Å². The topological polar surface area (TPSA) is 99.4 Å². The Kier molecular flexibility index (Phi) is 4.66. The third-order valence-electron chi connectivity index (χ3n) is 3.33. The van der Waals surface area contributed by atoms with Crippen molar-refractivity contribution in [1.82, 2.24) is 9.97 Å². The molecule has 0 unspecified atom stereocenters. The normalized spacial score (nSPS) is 10.7.